The number of carbonyl (C=O) groups is 2. The van der Waals surface area contributed by atoms with Gasteiger partial charge in [-0.25, -0.2) is 0 Å². The Morgan fingerprint density at radius 1 is 1.00 bits per heavy atom. The third kappa shape index (κ3) is 5.09. The van der Waals surface area contributed by atoms with Gasteiger partial charge in [-0.3, -0.25) is 9.59 Å². The third-order valence-electron chi connectivity index (χ3n) is 6.06. The maximum atomic E-state index is 12.8. The summed E-state index contributed by atoms with van der Waals surface area (Å²) >= 11 is 0. The molecule has 4 nitrogen and oxygen atoms in total. The molecule has 1 saturated carbocycles. The SMILES string of the molecule is CC(=O)N(CC(=O)N1CCC(Cc2ccccc2)CC1)C1CCCCC1. The van der Waals surface area contributed by atoms with Crippen LogP contribution in [0.3, 0.4) is 0 Å². The van der Waals surface area contributed by atoms with Crippen LogP contribution in [0.15, 0.2) is 30.3 Å². The first kappa shape index (κ1) is 18.9. The molecule has 1 saturated heterocycles. The van der Waals surface area contributed by atoms with Gasteiger partial charge in [-0.1, -0.05) is 49.6 Å². The Hall–Kier alpha value is -1.84. The average Bonchev–Trinajstić information content (AvgIpc) is 2.68. The van der Waals surface area contributed by atoms with E-state index in [9.17, 15) is 9.59 Å². The highest BCUT2D eigenvalue weighted by Gasteiger charge is 2.28. The minimum absolute atomic E-state index is 0.0456. The smallest absolute Gasteiger partial charge is 0.242 e. The summed E-state index contributed by atoms with van der Waals surface area (Å²) in [6.45, 7) is 3.52. The predicted molar refractivity (Wildman–Crippen MR) is 104 cm³/mol. The summed E-state index contributed by atoms with van der Waals surface area (Å²) in [6.07, 6.45) is 8.92. The second-order valence-corrected chi connectivity index (χ2v) is 7.95. The molecular formula is C22H32N2O2. The van der Waals surface area contributed by atoms with Crippen molar-refractivity contribution in [3.63, 3.8) is 0 Å². The fraction of sp³-hybridized carbons (Fsp3) is 0.636. The molecule has 26 heavy (non-hydrogen) atoms. The van der Waals surface area contributed by atoms with Crippen LogP contribution in [0.1, 0.15) is 57.4 Å². The molecule has 2 amide bonds. The number of amides is 2. The fourth-order valence-corrected chi connectivity index (χ4v) is 4.47. The Morgan fingerprint density at radius 3 is 2.27 bits per heavy atom. The lowest BCUT2D eigenvalue weighted by Gasteiger charge is -2.37. The maximum absolute atomic E-state index is 12.8. The Labute approximate surface area is 157 Å². The molecule has 2 fully saturated rings. The summed E-state index contributed by atoms with van der Waals surface area (Å²) in [4.78, 5) is 28.6. The van der Waals surface area contributed by atoms with Crippen LogP contribution >= 0.6 is 0 Å². The lowest BCUT2D eigenvalue weighted by atomic mass is 9.90. The van der Waals surface area contributed by atoms with E-state index in [1.807, 2.05) is 9.80 Å². The van der Waals surface area contributed by atoms with E-state index in [1.54, 1.807) is 6.92 Å². The molecule has 0 radical (unpaired) electrons. The van der Waals surface area contributed by atoms with Crippen molar-refractivity contribution in [2.75, 3.05) is 19.6 Å². The lowest BCUT2D eigenvalue weighted by molar-refractivity contribution is -0.142. The van der Waals surface area contributed by atoms with E-state index in [0.717, 1.165) is 45.2 Å². The number of piperidine rings is 1. The minimum atomic E-state index is 0.0456. The van der Waals surface area contributed by atoms with E-state index in [1.165, 1.54) is 24.8 Å². The molecule has 1 aromatic carbocycles. The van der Waals surface area contributed by atoms with Gasteiger partial charge in [-0.05, 0) is 43.6 Å². The zero-order valence-electron chi connectivity index (χ0n) is 16.0. The van der Waals surface area contributed by atoms with E-state index in [4.69, 9.17) is 0 Å². The van der Waals surface area contributed by atoms with Gasteiger partial charge in [0.1, 0.15) is 0 Å². The van der Waals surface area contributed by atoms with Crippen molar-refractivity contribution in [1.29, 1.82) is 0 Å². The summed E-state index contributed by atoms with van der Waals surface area (Å²) in [5.41, 5.74) is 1.39. The van der Waals surface area contributed by atoms with Gasteiger partial charge in [0, 0.05) is 26.1 Å². The van der Waals surface area contributed by atoms with E-state index < -0.39 is 0 Å². The molecule has 0 unspecified atom stereocenters. The van der Waals surface area contributed by atoms with Gasteiger partial charge in [0.25, 0.3) is 0 Å². The maximum Gasteiger partial charge on any atom is 0.242 e. The number of likely N-dealkylation sites (tertiary alicyclic amines) is 1. The number of carbonyl (C=O) groups excluding carboxylic acids is 2. The molecule has 3 rings (SSSR count). The average molecular weight is 357 g/mol. The standard InChI is InChI=1S/C22H32N2O2/c1-18(25)24(21-10-6-3-7-11-21)17-22(26)23-14-12-20(13-15-23)16-19-8-4-2-5-9-19/h2,4-5,8-9,20-21H,3,6-7,10-17H2,1H3. The van der Waals surface area contributed by atoms with E-state index in [-0.39, 0.29) is 24.4 Å². The molecule has 1 aromatic rings. The van der Waals surface area contributed by atoms with Gasteiger partial charge >= 0.3 is 0 Å². The van der Waals surface area contributed by atoms with Crippen LogP contribution in [0.4, 0.5) is 0 Å². The highest BCUT2D eigenvalue weighted by Crippen LogP contribution is 2.24. The van der Waals surface area contributed by atoms with E-state index in [2.05, 4.69) is 30.3 Å². The fourth-order valence-electron chi connectivity index (χ4n) is 4.47. The van der Waals surface area contributed by atoms with Gasteiger partial charge in [0.15, 0.2) is 0 Å². The molecule has 0 atom stereocenters. The summed E-state index contributed by atoms with van der Waals surface area (Å²) < 4.78 is 0. The number of hydrogen-bond acceptors (Lipinski definition) is 2. The van der Waals surface area contributed by atoms with E-state index in [0.29, 0.717) is 5.92 Å². The molecule has 0 spiro atoms. The molecule has 0 bridgehead atoms. The predicted octanol–water partition coefficient (Wildman–Crippen LogP) is 3.65. The van der Waals surface area contributed by atoms with Gasteiger partial charge in [0.2, 0.25) is 11.8 Å². The van der Waals surface area contributed by atoms with Crippen molar-refractivity contribution < 1.29 is 9.59 Å². The van der Waals surface area contributed by atoms with Crippen LogP contribution in [-0.4, -0.2) is 47.3 Å². The highest BCUT2D eigenvalue weighted by atomic mass is 16.2. The first-order valence-corrected chi connectivity index (χ1v) is 10.2. The quantitative estimate of drug-likeness (QED) is 0.808. The Balaban J connectivity index is 1.48. The van der Waals surface area contributed by atoms with Crippen LogP contribution in [0.2, 0.25) is 0 Å². The molecule has 2 aliphatic rings. The largest absolute Gasteiger partial charge is 0.341 e. The van der Waals surface area contributed by atoms with Crippen molar-refractivity contribution in [2.24, 2.45) is 5.92 Å². The van der Waals surface area contributed by atoms with Gasteiger partial charge in [-0.15, -0.1) is 0 Å². The molecule has 142 valence electrons. The molecule has 4 heteroatoms. The Morgan fingerprint density at radius 2 is 1.65 bits per heavy atom. The zero-order chi connectivity index (χ0) is 18.4. The number of rotatable bonds is 5. The minimum Gasteiger partial charge on any atom is -0.341 e. The number of nitrogens with zero attached hydrogens (tertiary/aromatic N) is 2. The molecular weight excluding hydrogens is 324 g/mol. The van der Waals surface area contributed by atoms with Crippen LogP contribution in [-0.2, 0) is 16.0 Å². The zero-order valence-corrected chi connectivity index (χ0v) is 16.0. The summed E-state index contributed by atoms with van der Waals surface area (Å²) in [7, 11) is 0. The summed E-state index contributed by atoms with van der Waals surface area (Å²) in [6, 6.07) is 10.9. The summed E-state index contributed by atoms with van der Waals surface area (Å²) in [5.74, 6) is 0.830. The monoisotopic (exact) mass is 356 g/mol. The van der Waals surface area contributed by atoms with Crippen LogP contribution in [0, 0.1) is 5.92 Å². The molecule has 1 aliphatic heterocycles. The second kappa shape index (κ2) is 9.20. The third-order valence-corrected chi connectivity index (χ3v) is 6.06. The van der Waals surface area contributed by atoms with Crippen molar-refractivity contribution in [2.45, 2.75) is 64.3 Å². The van der Waals surface area contributed by atoms with Crippen LogP contribution in [0.5, 0.6) is 0 Å². The number of benzene rings is 1. The molecule has 0 N–H and O–H groups in total. The topological polar surface area (TPSA) is 40.6 Å². The number of hydrogen-bond donors (Lipinski definition) is 0. The van der Waals surface area contributed by atoms with Crippen LogP contribution in [0.25, 0.3) is 0 Å². The van der Waals surface area contributed by atoms with Gasteiger partial charge in [-0.2, -0.15) is 0 Å². The molecule has 1 heterocycles. The summed E-state index contributed by atoms with van der Waals surface area (Å²) in [5, 5.41) is 0. The van der Waals surface area contributed by atoms with Crippen LogP contribution < -0.4 is 0 Å². The van der Waals surface area contributed by atoms with Crippen molar-refractivity contribution in [1.82, 2.24) is 9.80 Å². The normalized spacial score (nSPS) is 19.3. The van der Waals surface area contributed by atoms with Crippen molar-refractivity contribution >= 4 is 11.8 Å². The molecule has 0 aromatic heterocycles. The highest BCUT2D eigenvalue weighted by molar-refractivity contribution is 5.84. The molecule has 1 aliphatic carbocycles. The first-order chi connectivity index (χ1) is 12.6. The van der Waals surface area contributed by atoms with E-state index >= 15 is 0 Å². The first-order valence-electron chi connectivity index (χ1n) is 10.2. The lowest BCUT2D eigenvalue weighted by Crippen LogP contribution is -2.49. The van der Waals surface area contributed by atoms with Gasteiger partial charge in [0.05, 0.1) is 6.54 Å². The van der Waals surface area contributed by atoms with Gasteiger partial charge < -0.3 is 9.80 Å². The Bertz CT molecular complexity index is 587. The van der Waals surface area contributed by atoms with Crippen molar-refractivity contribution in [3.05, 3.63) is 35.9 Å². The second-order valence-electron chi connectivity index (χ2n) is 7.95. The Kier molecular flexibility index (Phi) is 6.70. The van der Waals surface area contributed by atoms with Crippen molar-refractivity contribution in [3.8, 4) is 0 Å².